The third-order valence-electron chi connectivity index (χ3n) is 11.2. The maximum Gasteiger partial charge on any atom is 0.412 e. The van der Waals surface area contributed by atoms with Gasteiger partial charge >= 0.3 is 6.09 Å². The number of aromatic amines is 1. The average Bonchev–Trinajstić information content (AvgIpc) is 3.58. The van der Waals surface area contributed by atoms with Crippen molar-refractivity contribution in [2.75, 3.05) is 31.1 Å². The predicted molar refractivity (Wildman–Crippen MR) is 208 cm³/mol. The second-order valence-corrected chi connectivity index (χ2v) is 14.5. The monoisotopic (exact) mass is 711 g/mol. The van der Waals surface area contributed by atoms with Crippen LogP contribution >= 0.6 is 0 Å². The van der Waals surface area contributed by atoms with Crippen LogP contribution in [0.25, 0.3) is 32.9 Å². The highest BCUT2D eigenvalue weighted by molar-refractivity contribution is 5.94. The van der Waals surface area contributed by atoms with Crippen LogP contribution in [-0.4, -0.2) is 68.1 Å². The number of pyridine rings is 1. The molecule has 2 atom stereocenters. The molecule has 3 aliphatic rings. The van der Waals surface area contributed by atoms with E-state index in [-0.39, 0.29) is 17.4 Å². The summed E-state index contributed by atoms with van der Waals surface area (Å²) in [5.74, 6) is 0.351. The summed E-state index contributed by atoms with van der Waals surface area (Å²) in [5, 5.41) is 36.8. The van der Waals surface area contributed by atoms with Crippen LogP contribution in [-0.2, 0) is 19.5 Å². The van der Waals surface area contributed by atoms with Crippen molar-refractivity contribution in [1.82, 2.24) is 19.8 Å². The van der Waals surface area contributed by atoms with Gasteiger partial charge in [-0.1, -0.05) is 54.6 Å². The van der Waals surface area contributed by atoms with Gasteiger partial charge in [0.2, 0.25) is 5.56 Å². The molecule has 3 fully saturated rings. The smallest absolute Gasteiger partial charge is 0.412 e. The minimum Gasteiger partial charge on any atom is -0.506 e. The number of aromatic nitrogens is 2. The topological polar surface area (TPSA) is 134 Å². The number of H-pyrrole nitrogens is 1. The number of hydrogen-bond donors (Lipinski definition) is 5. The number of amides is 1. The summed E-state index contributed by atoms with van der Waals surface area (Å²) in [6, 6.07) is 31.1. The van der Waals surface area contributed by atoms with E-state index in [4.69, 9.17) is 0 Å². The Morgan fingerprint density at radius 2 is 1.75 bits per heavy atom. The van der Waals surface area contributed by atoms with Crippen LogP contribution in [0.4, 0.5) is 10.5 Å². The van der Waals surface area contributed by atoms with Crippen molar-refractivity contribution >= 4 is 33.6 Å². The van der Waals surface area contributed by atoms with Crippen molar-refractivity contribution < 1.29 is 20.1 Å². The van der Waals surface area contributed by atoms with E-state index < -0.39 is 12.2 Å². The lowest BCUT2D eigenvalue weighted by Crippen LogP contribution is -2.59. The predicted octanol–water partition coefficient (Wildman–Crippen LogP) is 6.89. The molecule has 3 aliphatic heterocycles. The Bertz CT molecular complexity index is 2310. The molecule has 4 aromatic carbocycles. The molecule has 10 heteroatoms. The van der Waals surface area contributed by atoms with Crippen molar-refractivity contribution in [3.05, 3.63) is 130 Å². The molecule has 3 saturated heterocycles. The van der Waals surface area contributed by atoms with Crippen molar-refractivity contribution in [2.24, 2.45) is 5.92 Å². The number of nitrogens with zero attached hydrogens (tertiary/aromatic N) is 3. The van der Waals surface area contributed by atoms with Crippen LogP contribution in [0.15, 0.2) is 108 Å². The van der Waals surface area contributed by atoms with Crippen molar-refractivity contribution in [3.8, 4) is 16.9 Å². The summed E-state index contributed by atoms with van der Waals surface area (Å²) < 4.78 is 2.27. The third kappa shape index (κ3) is 7.18. The first-order valence-electron chi connectivity index (χ1n) is 18.6. The number of hydrogen-bond acceptors (Lipinski definition) is 6. The molecule has 9 rings (SSSR count). The van der Waals surface area contributed by atoms with E-state index >= 15 is 0 Å². The molecule has 10 nitrogen and oxygen atoms in total. The Kier molecular flexibility index (Phi) is 9.74. The summed E-state index contributed by atoms with van der Waals surface area (Å²) in [6.45, 7) is 4.60. The number of phenolic OH excluding ortho intramolecular Hbond substituents is 1. The number of aliphatic hydroxyl groups excluding tert-OH is 1. The number of rotatable bonds is 12. The first-order valence-corrected chi connectivity index (χ1v) is 18.6. The number of phenols is 1. The maximum absolute atomic E-state index is 13.0. The Morgan fingerprint density at radius 1 is 0.943 bits per heavy atom. The van der Waals surface area contributed by atoms with E-state index in [1.54, 1.807) is 17.0 Å². The minimum absolute atomic E-state index is 0.0320. The number of aryl methyl sites for hydroxylation is 2. The number of anilines is 1. The molecule has 1 amide bonds. The number of aliphatic hydroxyl groups is 1. The number of carboxylic acid groups (broad SMARTS) is 1. The molecule has 2 aromatic heterocycles. The van der Waals surface area contributed by atoms with E-state index in [2.05, 4.69) is 80.6 Å². The second kappa shape index (κ2) is 14.9. The van der Waals surface area contributed by atoms with Gasteiger partial charge in [-0.15, -0.1) is 0 Å². The molecular formula is C43H45N5O5. The highest BCUT2D eigenvalue weighted by Gasteiger charge is 2.40. The van der Waals surface area contributed by atoms with E-state index in [0.717, 1.165) is 90.7 Å². The molecule has 0 saturated carbocycles. The largest absolute Gasteiger partial charge is 0.506 e. The molecule has 0 radical (unpaired) electrons. The molecule has 53 heavy (non-hydrogen) atoms. The number of aromatic hydroxyl groups is 1. The first-order chi connectivity index (χ1) is 25.8. The highest BCUT2D eigenvalue weighted by atomic mass is 16.4. The van der Waals surface area contributed by atoms with Crippen molar-refractivity contribution in [3.63, 3.8) is 0 Å². The van der Waals surface area contributed by atoms with Crippen molar-refractivity contribution in [2.45, 2.75) is 50.9 Å². The zero-order valence-corrected chi connectivity index (χ0v) is 29.6. The average molecular weight is 712 g/mol. The van der Waals surface area contributed by atoms with Gasteiger partial charge in [0.25, 0.3) is 0 Å². The zero-order chi connectivity index (χ0) is 36.5. The first kappa shape index (κ1) is 34.7. The molecular weight excluding hydrogens is 667 g/mol. The van der Waals surface area contributed by atoms with Gasteiger partial charge in [0, 0.05) is 54.9 Å². The molecule has 6 aromatic rings. The van der Waals surface area contributed by atoms with Crippen LogP contribution in [0.3, 0.4) is 0 Å². The van der Waals surface area contributed by atoms with Crippen LogP contribution in [0.1, 0.15) is 42.1 Å². The number of fused-ring (bicyclic) bond motifs is 5. The van der Waals surface area contributed by atoms with Crippen LogP contribution < -0.4 is 15.8 Å². The molecule has 272 valence electrons. The van der Waals surface area contributed by atoms with Crippen LogP contribution in [0, 0.1) is 5.92 Å². The van der Waals surface area contributed by atoms with E-state index in [1.807, 2.05) is 18.2 Å². The zero-order valence-electron chi connectivity index (χ0n) is 29.6. The summed E-state index contributed by atoms with van der Waals surface area (Å²) in [5.41, 5.74) is 6.78. The number of benzene rings is 4. The maximum atomic E-state index is 13.0. The van der Waals surface area contributed by atoms with Gasteiger partial charge in [0.05, 0.1) is 23.3 Å². The highest BCUT2D eigenvalue weighted by Crippen LogP contribution is 2.39. The van der Waals surface area contributed by atoms with Crippen molar-refractivity contribution in [1.29, 1.82) is 0 Å². The van der Waals surface area contributed by atoms with E-state index in [0.29, 0.717) is 35.5 Å². The van der Waals surface area contributed by atoms with E-state index in [1.165, 1.54) is 12.1 Å². The third-order valence-corrected chi connectivity index (χ3v) is 11.2. The lowest BCUT2D eigenvalue weighted by atomic mass is 9.82. The summed E-state index contributed by atoms with van der Waals surface area (Å²) in [4.78, 5) is 31.5. The van der Waals surface area contributed by atoms with Crippen LogP contribution in [0.5, 0.6) is 5.75 Å². The fourth-order valence-corrected chi connectivity index (χ4v) is 8.46. The van der Waals surface area contributed by atoms with Gasteiger partial charge in [-0.2, -0.15) is 0 Å². The number of piperidine rings is 3. The van der Waals surface area contributed by atoms with Gasteiger partial charge in [0.1, 0.15) is 5.75 Å². The van der Waals surface area contributed by atoms with E-state index in [9.17, 15) is 24.9 Å². The molecule has 2 bridgehead atoms. The fourth-order valence-electron chi connectivity index (χ4n) is 8.46. The molecule has 0 spiro atoms. The molecule has 5 N–H and O–H groups in total. The minimum atomic E-state index is -0.882. The van der Waals surface area contributed by atoms with Gasteiger partial charge < -0.3 is 35.1 Å². The summed E-state index contributed by atoms with van der Waals surface area (Å²) in [7, 11) is 0. The fraction of sp³-hybridized carbons (Fsp3) is 0.302. The SMILES string of the molecule is O=C(O)N(c1cc(CCCn2ccc3cc(CNC[C@H](O)c4ccc(O)c5[nH]c(=O)ccc45)ccc32)ccc1-c1ccccc1)C1CN2CCC1CC2. The van der Waals surface area contributed by atoms with Crippen LogP contribution in [0.2, 0.25) is 0 Å². The normalized spacial score (nSPS) is 18.8. The second-order valence-electron chi connectivity index (χ2n) is 14.5. The molecule has 5 heterocycles. The summed E-state index contributed by atoms with van der Waals surface area (Å²) in [6.07, 6.45) is 4.23. The Balaban J connectivity index is 0.929. The molecule has 1 unspecified atom stereocenters. The Labute approximate surface area is 307 Å². The lowest BCUT2D eigenvalue weighted by molar-refractivity contribution is 0.0837. The molecule has 0 aliphatic carbocycles. The Hall–Kier alpha value is -5.42. The summed E-state index contributed by atoms with van der Waals surface area (Å²) >= 11 is 0. The van der Waals surface area contributed by atoms with Gasteiger partial charge in [-0.25, -0.2) is 4.79 Å². The number of nitrogens with one attached hydrogen (secondary N) is 2. The number of carbonyl (C=O) groups is 1. The van der Waals surface area contributed by atoms with Gasteiger partial charge in [-0.3, -0.25) is 9.69 Å². The quantitative estimate of drug-likeness (QED) is 0.0934. The van der Waals surface area contributed by atoms with Gasteiger partial charge in [0.15, 0.2) is 0 Å². The van der Waals surface area contributed by atoms with Gasteiger partial charge in [-0.05, 0) is 109 Å². The Morgan fingerprint density at radius 3 is 2.53 bits per heavy atom. The lowest BCUT2D eigenvalue weighted by Gasteiger charge is -2.48. The standard InChI is InChI=1S/C43H45N5O5/c49-39-14-11-34(35-12-15-41(51)45-42(35)39)40(50)26-44-25-29-9-13-36-32(23-29)18-22-47(36)19-4-5-28-8-10-33(30-6-2-1-3-7-30)37(24-28)48(43(52)53)38-27-46-20-16-31(38)17-21-46/h1-3,6-15,18,22-24,31,38,40,44,49-50H,4-5,16-17,19-21,25-27H2,(H,45,51)(H,52,53)/t38?,40-/m0/s1.